The lowest BCUT2D eigenvalue weighted by Crippen LogP contribution is -2.39. The van der Waals surface area contributed by atoms with E-state index in [2.05, 4.69) is 12.2 Å². The molecule has 2 aliphatic carbocycles. The third-order valence-electron chi connectivity index (χ3n) is 4.53. The van der Waals surface area contributed by atoms with Crippen LogP contribution in [0.25, 0.3) is 0 Å². The molecule has 0 heterocycles. The zero-order valence-electron chi connectivity index (χ0n) is 11.4. The molecule has 2 unspecified atom stereocenters. The maximum absolute atomic E-state index is 5.95. The van der Waals surface area contributed by atoms with Crippen molar-refractivity contribution in [2.75, 3.05) is 13.2 Å². The molecule has 2 rings (SSSR count). The van der Waals surface area contributed by atoms with Crippen LogP contribution in [0.1, 0.15) is 64.7 Å². The first kappa shape index (κ1) is 13.4. The van der Waals surface area contributed by atoms with E-state index in [1.807, 2.05) is 0 Å². The van der Waals surface area contributed by atoms with Crippen LogP contribution in [-0.4, -0.2) is 25.3 Å². The van der Waals surface area contributed by atoms with E-state index in [9.17, 15) is 0 Å². The number of hydrogen-bond acceptors (Lipinski definition) is 2. The van der Waals surface area contributed by atoms with Crippen molar-refractivity contribution < 1.29 is 4.74 Å². The van der Waals surface area contributed by atoms with Crippen molar-refractivity contribution >= 4 is 0 Å². The van der Waals surface area contributed by atoms with Crippen LogP contribution in [0.3, 0.4) is 0 Å². The highest BCUT2D eigenvalue weighted by Crippen LogP contribution is 2.23. The predicted octanol–water partition coefficient (Wildman–Crippen LogP) is 3.50. The average Bonchev–Trinajstić information content (AvgIpc) is 2.38. The second-order valence-electron chi connectivity index (χ2n) is 5.95. The molecule has 2 saturated carbocycles. The molecule has 2 atom stereocenters. The maximum atomic E-state index is 5.95. The van der Waals surface area contributed by atoms with Gasteiger partial charge in [-0.05, 0) is 31.6 Å². The van der Waals surface area contributed by atoms with E-state index >= 15 is 0 Å². The highest BCUT2D eigenvalue weighted by atomic mass is 16.5. The molecule has 0 saturated heterocycles. The Kier molecular flexibility index (Phi) is 5.79. The molecule has 1 N–H and O–H groups in total. The summed E-state index contributed by atoms with van der Waals surface area (Å²) in [5.74, 6) is 0.860. The van der Waals surface area contributed by atoms with E-state index < -0.39 is 0 Å². The third-order valence-corrected chi connectivity index (χ3v) is 4.53. The molecule has 0 aromatic rings. The monoisotopic (exact) mass is 239 g/mol. The van der Waals surface area contributed by atoms with Crippen molar-refractivity contribution in [3.05, 3.63) is 0 Å². The first-order chi connectivity index (χ1) is 8.36. The van der Waals surface area contributed by atoms with Crippen LogP contribution in [0.2, 0.25) is 0 Å². The van der Waals surface area contributed by atoms with Gasteiger partial charge in [0.15, 0.2) is 0 Å². The minimum Gasteiger partial charge on any atom is -0.377 e. The Labute approximate surface area is 107 Å². The summed E-state index contributed by atoms with van der Waals surface area (Å²) in [5.41, 5.74) is 0. The van der Waals surface area contributed by atoms with Gasteiger partial charge in [0.1, 0.15) is 0 Å². The normalized spacial score (nSPS) is 31.6. The van der Waals surface area contributed by atoms with Gasteiger partial charge in [0.05, 0.1) is 12.7 Å². The van der Waals surface area contributed by atoms with Crippen molar-refractivity contribution in [3.63, 3.8) is 0 Å². The first-order valence-corrected chi connectivity index (χ1v) is 7.71. The summed E-state index contributed by atoms with van der Waals surface area (Å²) in [4.78, 5) is 0. The zero-order chi connectivity index (χ0) is 11.9. The maximum Gasteiger partial charge on any atom is 0.0594 e. The van der Waals surface area contributed by atoms with E-state index in [1.54, 1.807) is 0 Å². The molecule has 2 fully saturated rings. The number of ether oxygens (including phenoxy) is 1. The molecule has 2 heteroatoms. The van der Waals surface area contributed by atoms with Gasteiger partial charge in [0.25, 0.3) is 0 Å². The smallest absolute Gasteiger partial charge is 0.0594 e. The van der Waals surface area contributed by atoms with Gasteiger partial charge in [-0.2, -0.15) is 0 Å². The molecule has 2 aliphatic rings. The molecule has 0 aliphatic heterocycles. The summed E-state index contributed by atoms with van der Waals surface area (Å²) in [6.07, 6.45) is 12.9. The second kappa shape index (κ2) is 7.38. The van der Waals surface area contributed by atoms with Crippen LogP contribution in [-0.2, 0) is 4.74 Å². The third kappa shape index (κ3) is 4.59. The molecule has 0 spiro atoms. The standard InChI is InChI=1S/C15H29NO/c1-13-7-5-6-10-15(13)16-11-12-17-14-8-3-2-4-9-14/h13-16H,2-12H2,1H3. The minimum atomic E-state index is 0.564. The van der Waals surface area contributed by atoms with Crippen molar-refractivity contribution in [1.82, 2.24) is 5.32 Å². The van der Waals surface area contributed by atoms with E-state index in [1.165, 1.54) is 57.8 Å². The van der Waals surface area contributed by atoms with Crippen molar-refractivity contribution in [1.29, 1.82) is 0 Å². The highest BCUT2D eigenvalue weighted by Gasteiger charge is 2.20. The lowest BCUT2D eigenvalue weighted by molar-refractivity contribution is 0.0281. The van der Waals surface area contributed by atoms with E-state index in [4.69, 9.17) is 4.74 Å². The van der Waals surface area contributed by atoms with E-state index in [0.717, 1.165) is 25.1 Å². The fourth-order valence-electron chi connectivity index (χ4n) is 3.32. The molecule has 0 aromatic carbocycles. The first-order valence-electron chi connectivity index (χ1n) is 7.71. The van der Waals surface area contributed by atoms with Crippen LogP contribution in [0.4, 0.5) is 0 Å². The number of hydrogen-bond donors (Lipinski definition) is 1. The molecule has 0 aromatic heterocycles. The quantitative estimate of drug-likeness (QED) is 0.741. The lowest BCUT2D eigenvalue weighted by atomic mass is 9.86. The molecular formula is C15H29NO. The zero-order valence-corrected chi connectivity index (χ0v) is 11.4. The van der Waals surface area contributed by atoms with Crippen molar-refractivity contribution in [2.45, 2.75) is 76.9 Å². The molecule has 17 heavy (non-hydrogen) atoms. The Balaban J connectivity index is 1.53. The fourth-order valence-corrected chi connectivity index (χ4v) is 3.32. The Morgan fingerprint density at radius 2 is 1.65 bits per heavy atom. The van der Waals surface area contributed by atoms with Crippen LogP contribution in [0, 0.1) is 5.92 Å². The number of nitrogens with one attached hydrogen (secondary N) is 1. The fraction of sp³-hybridized carbons (Fsp3) is 1.00. The molecule has 0 amide bonds. The van der Waals surface area contributed by atoms with Gasteiger partial charge < -0.3 is 10.1 Å². The van der Waals surface area contributed by atoms with Gasteiger partial charge in [-0.3, -0.25) is 0 Å². The van der Waals surface area contributed by atoms with Gasteiger partial charge >= 0.3 is 0 Å². The summed E-state index contributed by atoms with van der Waals surface area (Å²) in [6.45, 7) is 4.35. The van der Waals surface area contributed by atoms with Gasteiger partial charge in [-0.25, -0.2) is 0 Å². The van der Waals surface area contributed by atoms with Crippen LogP contribution < -0.4 is 5.32 Å². The van der Waals surface area contributed by atoms with Gasteiger partial charge in [0, 0.05) is 12.6 Å². The molecule has 100 valence electrons. The number of rotatable bonds is 5. The van der Waals surface area contributed by atoms with Crippen LogP contribution in [0.5, 0.6) is 0 Å². The van der Waals surface area contributed by atoms with Crippen LogP contribution in [0.15, 0.2) is 0 Å². The molecule has 0 radical (unpaired) electrons. The van der Waals surface area contributed by atoms with E-state index in [-0.39, 0.29) is 0 Å². The Hall–Kier alpha value is -0.0800. The Morgan fingerprint density at radius 1 is 0.941 bits per heavy atom. The average molecular weight is 239 g/mol. The Morgan fingerprint density at radius 3 is 2.41 bits per heavy atom. The molecule has 0 bridgehead atoms. The molecular weight excluding hydrogens is 210 g/mol. The van der Waals surface area contributed by atoms with Gasteiger partial charge in [0.2, 0.25) is 0 Å². The summed E-state index contributed by atoms with van der Waals surface area (Å²) in [6, 6.07) is 0.749. The molecule has 2 nitrogen and oxygen atoms in total. The van der Waals surface area contributed by atoms with Gasteiger partial charge in [-0.1, -0.05) is 39.0 Å². The summed E-state index contributed by atoms with van der Waals surface area (Å²) in [5, 5.41) is 3.69. The van der Waals surface area contributed by atoms with Crippen molar-refractivity contribution in [3.8, 4) is 0 Å². The topological polar surface area (TPSA) is 21.3 Å². The van der Waals surface area contributed by atoms with E-state index in [0.29, 0.717) is 6.10 Å². The van der Waals surface area contributed by atoms with Crippen molar-refractivity contribution in [2.24, 2.45) is 5.92 Å². The summed E-state index contributed by atoms with van der Waals surface area (Å²) < 4.78 is 5.95. The summed E-state index contributed by atoms with van der Waals surface area (Å²) in [7, 11) is 0. The Bertz CT molecular complexity index is 201. The minimum absolute atomic E-state index is 0.564. The predicted molar refractivity (Wildman–Crippen MR) is 72.2 cm³/mol. The largest absolute Gasteiger partial charge is 0.377 e. The summed E-state index contributed by atoms with van der Waals surface area (Å²) >= 11 is 0. The lowest BCUT2D eigenvalue weighted by Gasteiger charge is -2.30. The highest BCUT2D eigenvalue weighted by molar-refractivity contribution is 4.77. The van der Waals surface area contributed by atoms with Crippen LogP contribution >= 0.6 is 0 Å². The van der Waals surface area contributed by atoms with Gasteiger partial charge in [-0.15, -0.1) is 0 Å². The second-order valence-corrected chi connectivity index (χ2v) is 5.95. The SMILES string of the molecule is CC1CCCCC1NCCOC1CCCCC1.